The van der Waals surface area contributed by atoms with Crippen LogP contribution in [0.15, 0.2) is 12.2 Å². The number of hydrogen-bond acceptors (Lipinski definition) is 6. The lowest BCUT2D eigenvalue weighted by Crippen LogP contribution is -2.34. The fraction of sp³-hybridized carbons (Fsp3) is 0.667. The molecule has 102 valence electrons. The lowest BCUT2D eigenvalue weighted by atomic mass is 10.3. The second-order valence-electron chi connectivity index (χ2n) is 4.18. The van der Waals surface area contributed by atoms with Crippen molar-refractivity contribution in [2.45, 2.75) is 37.6 Å². The van der Waals surface area contributed by atoms with Gasteiger partial charge < -0.3 is 14.2 Å². The van der Waals surface area contributed by atoms with Crippen molar-refractivity contribution in [1.82, 2.24) is 0 Å². The fourth-order valence-corrected chi connectivity index (χ4v) is 2.28. The van der Waals surface area contributed by atoms with Crippen molar-refractivity contribution < 1.29 is 23.8 Å². The minimum atomic E-state index is -0.938. The molecule has 0 aromatic carbocycles. The maximum Gasteiger partial charge on any atom is 0.348 e. The maximum absolute atomic E-state index is 11.7. The monoisotopic (exact) mass is 274 g/mol. The van der Waals surface area contributed by atoms with Crippen molar-refractivity contribution in [1.29, 1.82) is 0 Å². The van der Waals surface area contributed by atoms with Crippen LogP contribution in [0, 0.1) is 0 Å². The van der Waals surface area contributed by atoms with Crippen molar-refractivity contribution in [3.05, 3.63) is 12.2 Å². The minimum Gasteiger partial charge on any atom is -0.447 e. The Kier molecular flexibility index (Phi) is 5.68. The molecule has 0 N–H and O–H groups in total. The molecule has 0 amide bonds. The van der Waals surface area contributed by atoms with Crippen LogP contribution in [-0.4, -0.2) is 41.9 Å². The van der Waals surface area contributed by atoms with Gasteiger partial charge in [0.1, 0.15) is 0 Å². The number of carbonyl (C=O) groups is 2. The highest BCUT2D eigenvalue weighted by Gasteiger charge is 2.27. The van der Waals surface area contributed by atoms with Gasteiger partial charge in [0.25, 0.3) is 0 Å². The zero-order valence-corrected chi connectivity index (χ0v) is 11.6. The van der Waals surface area contributed by atoms with Gasteiger partial charge in [-0.2, -0.15) is 0 Å². The SMILES string of the molecule is C=C(C)C(=O)OC(C)C(=O)OC1COCC(C)S1. The Morgan fingerprint density at radius 1 is 1.44 bits per heavy atom. The van der Waals surface area contributed by atoms with Crippen molar-refractivity contribution in [2.24, 2.45) is 0 Å². The Morgan fingerprint density at radius 2 is 2.11 bits per heavy atom. The zero-order valence-electron chi connectivity index (χ0n) is 10.8. The van der Waals surface area contributed by atoms with Crippen LogP contribution in [0.2, 0.25) is 0 Å². The molecule has 1 rings (SSSR count). The molecular formula is C12H18O5S. The average Bonchev–Trinajstić information content (AvgIpc) is 2.28. The molecule has 0 spiro atoms. The molecule has 1 heterocycles. The average molecular weight is 274 g/mol. The highest BCUT2D eigenvalue weighted by molar-refractivity contribution is 8.00. The van der Waals surface area contributed by atoms with Crippen LogP contribution in [0.4, 0.5) is 0 Å². The molecule has 3 atom stereocenters. The van der Waals surface area contributed by atoms with E-state index in [1.54, 1.807) is 0 Å². The number of esters is 2. The Bertz CT molecular complexity index is 341. The normalized spacial score (nSPS) is 25.1. The summed E-state index contributed by atoms with van der Waals surface area (Å²) in [7, 11) is 0. The Labute approximate surface area is 111 Å². The summed E-state index contributed by atoms with van der Waals surface area (Å²) in [5.41, 5.74) is -0.0918. The molecule has 18 heavy (non-hydrogen) atoms. The molecule has 1 saturated heterocycles. The van der Waals surface area contributed by atoms with E-state index < -0.39 is 18.0 Å². The molecule has 0 aromatic rings. The summed E-state index contributed by atoms with van der Waals surface area (Å²) in [5.74, 6) is -1.17. The second kappa shape index (κ2) is 6.80. The number of ether oxygens (including phenoxy) is 3. The van der Waals surface area contributed by atoms with E-state index in [0.29, 0.717) is 13.2 Å². The molecule has 1 aliphatic heterocycles. The minimum absolute atomic E-state index is 0.249. The summed E-state index contributed by atoms with van der Waals surface area (Å²) in [6.07, 6.45) is -0.938. The third kappa shape index (κ3) is 4.70. The van der Waals surface area contributed by atoms with Gasteiger partial charge >= 0.3 is 11.9 Å². The van der Waals surface area contributed by atoms with E-state index in [-0.39, 0.29) is 16.3 Å². The number of thioether (sulfide) groups is 1. The Hall–Kier alpha value is -1.01. The standard InChI is InChI=1S/C12H18O5S/c1-7(2)11(13)16-9(4)12(14)17-10-6-15-5-8(3)18-10/h8-10H,1,5-6H2,2-4H3. The van der Waals surface area contributed by atoms with Crippen LogP contribution in [0.25, 0.3) is 0 Å². The van der Waals surface area contributed by atoms with Crippen LogP contribution in [0.5, 0.6) is 0 Å². The van der Waals surface area contributed by atoms with Crippen LogP contribution < -0.4 is 0 Å². The van der Waals surface area contributed by atoms with E-state index in [4.69, 9.17) is 14.2 Å². The highest BCUT2D eigenvalue weighted by Crippen LogP contribution is 2.24. The largest absolute Gasteiger partial charge is 0.447 e. The van der Waals surface area contributed by atoms with Crippen molar-refractivity contribution >= 4 is 23.7 Å². The van der Waals surface area contributed by atoms with Gasteiger partial charge in [-0.15, -0.1) is 11.8 Å². The lowest BCUT2D eigenvalue weighted by Gasteiger charge is -2.27. The van der Waals surface area contributed by atoms with Crippen LogP contribution in [0.1, 0.15) is 20.8 Å². The first kappa shape index (κ1) is 15.0. The predicted octanol–water partition coefficient (Wildman–Crippen LogP) is 1.52. The molecule has 3 unspecified atom stereocenters. The third-order valence-electron chi connectivity index (χ3n) is 2.20. The smallest absolute Gasteiger partial charge is 0.348 e. The van der Waals surface area contributed by atoms with Gasteiger partial charge in [-0.3, -0.25) is 0 Å². The third-order valence-corrected chi connectivity index (χ3v) is 3.34. The molecule has 0 aromatic heterocycles. The van der Waals surface area contributed by atoms with Gasteiger partial charge in [-0.25, -0.2) is 9.59 Å². The molecule has 5 nitrogen and oxygen atoms in total. The Morgan fingerprint density at radius 3 is 2.67 bits per heavy atom. The summed E-state index contributed by atoms with van der Waals surface area (Å²) < 4.78 is 15.3. The first-order chi connectivity index (χ1) is 8.40. The van der Waals surface area contributed by atoms with Gasteiger partial charge in [-0.1, -0.05) is 13.5 Å². The van der Waals surface area contributed by atoms with Gasteiger partial charge in [0.2, 0.25) is 0 Å². The van der Waals surface area contributed by atoms with E-state index in [0.717, 1.165) is 0 Å². The van der Waals surface area contributed by atoms with Crippen molar-refractivity contribution in [2.75, 3.05) is 13.2 Å². The first-order valence-corrected chi connectivity index (χ1v) is 6.64. The molecule has 0 aliphatic carbocycles. The molecule has 6 heteroatoms. The first-order valence-electron chi connectivity index (χ1n) is 5.70. The predicted molar refractivity (Wildman–Crippen MR) is 68.1 cm³/mol. The Balaban J connectivity index is 2.39. The number of carbonyl (C=O) groups excluding carboxylic acids is 2. The molecule has 1 aliphatic rings. The summed E-state index contributed by atoms with van der Waals surface area (Å²) in [6.45, 7) is 9.45. The lowest BCUT2D eigenvalue weighted by molar-refractivity contribution is -0.166. The fourth-order valence-electron chi connectivity index (χ4n) is 1.26. The topological polar surface area (TPSA) is 61.8 Å². The molecule has 0 radical (unpaired) electrons. The van der Waals surface area contributed by atoms with Crippen molar-refractivity contribution in [3.8, 4) is 0 Å². The van der Waals surface area contributed by atoms with Gasteiger partial charge in [-0.05, 0) is 13.8 Å². The van der Waals surface area contributed by atoms with E-state index in [2.05, 4.69) is 6.58 Å². The molecule has 1 fully saturated rings. The van der Waals surface area contributed by atoms with Gasteiger partial charge in [0, 0.05) is 10.8 Å². The summed E-state index contributed by atoms with van der Waals surface area (Å²) in [5, 5.41) is 0.282. The number of hydrogen-bond donors (Lipinski definition) is 0. The van der Waals surface area contributed by atoms with E-state index in [1.165, 1.54) is 25.6 Å². The van der Waals surface area contributed by atoms with Gasteiger partial charge in [0.15, 0.2) is 11.5 Å². The van der Waals surface area contributed by atoms with Crippen LogP contribution in [0.3, 0.4) is 0 Å². The van der Waals surface area contributed by atoms with Crippen molar-refractivity contribution in [3.63, 3.8) is 0 Å². The highest BCUT2D eigenvalue weighted by atomic mass is 32.2. The van der Waals surface area contributed by atoms with Crippen LogP contribution in [-0.2, 0) is 23.8 Å². The molecular weight excluding hydrogens is 256 g/mol. The maximum atomic E-state index is 11.7. The number of rotatable bonds is 4. The van der Waals surface area contributed by atoms with E-state index in [1.807, 2.05) is 6.92 Å². The van der Waals surface area contributed by atoms with E-state index >= 15 is 0 Å². The van der Waals surface area contributed by atoms with Crippen LogP contribution >= 0.6 is 11.8 Å². The summed E-state index contributed by atoms with van der Waals surface area (Å²) in [6, 6.07) is 0. The van der Waals surface area contributed by atoms with Gasteiger partial charge in [0.05, 0.1) is 13.2 Å². The second-order valence-corrected chi connectivity index (χ2v) is 5.78. The summed E-state index contributed by atoms with van der Waals surface area (Å²) in [4.78, 5) is 22.9. The molecule has 0 bridgehead atoms. The summed E-state index contributed by atoms with van der Waals surface area (Å²) >= 11 is 1.53. The zero-order chi connectivity index (χ0) is 13.7. The quantitative estimate of drug-likeness (QED) is 0.572. The molecule has 0 saturated carbocycles. The van der Waals surface area contributed by atoms with E-state index in [9.17, 15) is 9.59 Å².